The van der Waals surface area contributed by atoms with Gasteiger partial charge in [-0.25, -0.2) is 0 Å². The first-order valence-corrected chi connectivity index (χ1v) is 9.38. The van der Waals surface area contributed by atoms with E-state index < -0.39 is 5.60 Å². The Hall–Kier alpha value is -2.89. The SMILES string of the molecule is O=C1c2ccccc2-c2cccc(C3([O-])c4ccccc4-c4ccccc43)c21.[Li+]. The Morgan fingerprint density at radius 2 is 0.966 bits per heavy atom. The van der Waals surface area contributed by atoms with Gasteiger partial charge in [0, 0.05) is 11.1 Å². The van der Waals surface area contributed by atoms with Crippen molar-refractivity contribution in [2.45, 2.75) is 5.60 Å². The van der Waals surface area contributed by atoms with Crippen LogP contribution in [0.1, 0.15) is 32.6 Å². The summed E-state index contributed by atoms with van der Waals surface area (Å²) in [6, 6.07) is 28.8. The second kappa shape index (κ2) is 6.30. The molecule has 2 nitrogen and oxygen atoms in total. The third kappa shape index (κ3) is 2.20. The minimum Gasteiger partial charge on any atom is -0.839 e. The van der Waals surface area contributed by atoms with Gasteiger partial charge in [0.25, 0.3) is 0 Å². The molecule has 0 fully saturated rings. The van der Waals surface area contributed by atoms with Crippen LogP contribution in [0.15, 0.2) is 91.0 Å². The maximum Gasteiger partial charge on any atom is 1.00 e. The molecule has 6 rings (SSSR count). The monoisotopic (exact) mass is 366 g/mol. The summed E-state index contributed by atoms with van der Waals surface area (Å²) < 4.78 is 0. The van der Waals surface area contributed by atoms with Crippen LogP contribution in [0, 0.1) is 0 Å². The zero-order chi connectivity index (χ0) is 18.9. The summed E-state index contributed by atoms with van der Waals surface area (Å²) in [4.78, 5) is 13.3. The number of fused-ring (bicyclic) bond motifs is 6. The molecule has 29 heavy (non-hydrogen) atoms. The average molecular weight is 366 g/mol. The molecule has 0 aromatic heterocycles. The predicted octanol–water partition coefficient (Wildman–Crippen LogP) is 1.53. The second-order valence-corrected chi connectivity index (χ2v) is 7.38. The first-order valence-electron chi connectivity index (χ1n) is 9.38. The van der Waals surface area contributed by atoms with E-state index in [2.05, 4.69) is 0 Å². The van der Waals surface area contributed by atoms with Gasteiger partial charge >= 0.3 is 18.9 Å². The Bertz CT molecular complexity index is 1260. The number of carbonyl (C=O) groups is 1. The molecule has 0 N–H and O–H groups in total. The average Bonchev–Trinajstić information content (AvgIpc) is 3.20. The van der Waals surface area contributed by atoms with E-state index in [1.165, 1.54) is 0 Å². The molecule has 0 heterocycles. The van der Waals surface area contributed by atoms with Gasteiger partial charge in [-0.1, -0.05) is 91.0 Å². The summed E-state index contributed by atoms with van der Waals surface area (Å²) in [5.41, 5.74) is 5.27. The van der Waals surface area contributed by atoms with Crippen molar-refractivity contribution in [3.05, 3.63) is 119 Å². The number of ketones is 1. The molecule has 132 valence electrons. The predicted molar refractivity (Wildman–Crippen MR) is 107 cm³/mol. The van der Waals surface area contributed by atoms with Crippen molar-refractivity contribution in [1.29, 1.82) is 0 Å². The van der Waals surface area contributed by atoms with Gasteiger partial charge in [0.05, 0.1) is 0 Å². The Labute approximate surface area is 181 Å². The van der Waals surface area contributed by atoms with Crippen LogP contribution in [-0.2, 0) is 5.60 Å². The van der Waals surface area contributed by atoms with E-state index in [1.54, 1.807) is 0 Å². The summed E-state index contributed by atoms with van der Waals surface area (Å²) in [5.74, 6) is -0.0571. The van der Waals surface area contributed by atoms with Crippen LogP contribution in [0.5, 0.6) is 0 Å². The first-order chi connectivity index (χ1) is 13.7. The largest absolute Gasteiger partial charge is 1.00 e. The number of carbonyl (C=O) groups excluding carboxylic acids is 1. The van der Waals surface area contributed by atoms with E-state index in [4.69, 9.17) is 0 Å². The molecule has 0 bridgehead atoms. The Morgan fingerprint density at radius 1 is 0.517 bits per heavy atom. The van der Waals surface area contributed by atoms with Crippen molar-refractivity contribution in [3.8, 4) is 22.3 Å². The zero-order valence-electron chi connectivity index (χ0n) is 16.0. The van der Waals surface area contributed by atoms with Crippen LogP contribution < -0.4 is 24.0 Å². The summed E-state index contributed by atoms with van der Waals surface area (Å²) in [7, 11) is 0. The summed E-state index contributed by atoms with van der Waals surface area (Å²) >= 11 is 0. The van der Waals surface area contributed by atoms with E-state index >= 15 is 0 Å². The fourth-order valence-electron chi connectivity index (χ4n) is 4.85. The molecule has 0 saturated heterocycles. The summed E-state index contributed by atoms with van der Waals surface area (Å²) in [6.07, 6.45) is 0. The van der Waals surface area contributed by atoms with Gasteiger partial charge in [-0.2, -0.15) is 0 Å². The molecule has 0 amide bonds. The fraction of sp³-hybridized carbons (Fsp3) is 0.0385. The van der Waals surface area contributed by atoms with Crippen LogP contribution in [-0.4, -0.2) is 5.78 Å². The molecule has 4 aromatic rings. The number of rotatable bonds is 1. The minimum absolute atomic E-state index is 0. The number of hydrogen-bond donors (Lipinski definition) is 0. The van der Waals surface area contributed by atoms with Crippen LogP contribution in [0.25, 0.3) is 22.3 Å². The molecule has 0 atom stereocenters. The molecule has 0 radical (unpaired) electrons. The van der Waals surface area contributed by atoms with Crippen molar-refractivity contribution in [1.82, 2.24) is 0 Å². The van der Waals surface area contributed by atoms with E-state index in [1.807, 2.05) is 91.0 Å². The normalized spacial score (nSPS) is 14.4. The maximum absolute atomic E-state index is 14.7. The van der Waals surface area contributed by atoms with E-state index in [-0.39, 0.29) is 24.6 Å². The number of hydrogen-bond acceptors (Lipinski definition) is 2. The van der Waals surface area contributed by atoms with Crippen LogP contribution in [0.3, 0.4) is 0 Å². The summed E-state index contributed by atoms with van der Waals surface area (Å²) in [6.45, 7) is 0. The molecule has 2 aliphatic carbocycles. The van der Waals surface area contributed by atoms with E-state index in [9.17, 15) is 9.90 Å². The van der Waals surface area contributed by atoms with Gasteiger partial charge in [-0.15, -0.1) is 0 Å². The summed E-state index contributed by atoms with van der Waals surface area (Å²) in [5, 5.41) is 14.7. The van der Waals surface area contributed by atoms with E-state index in [0.29, 0.717) is 27.8 Å². The van der Waals surface area contributed by atoms with Crippen LogP contribution in [0.2, 0.25) is 0 Å². The molecular weight excluding hydrogens is 351 g/mol. The molecule has 4 aromatic carbocycles. The smallest absolute Gasteiger partial charge is 0.839 e. The molecule has 0 saturated carbocycles. The molecule has 0 aliphatic heterocycles. The minimum atomic E-state index is -1.60. The van der Waals surface area contributed by atoms with Gasteiger partial charge in [-0.3, -0.25) is 4.79 Å². The van der Waals surface area contributed by atoms with Crippen molar-refractivity contribution >= 4 is 5.78 Å². The zero-order valence-corrected chi connectivity index (χ0v) is 16.0. The fourth-order valence-corrected chi connectivity index (χ4v) is 4.85. The first kappa shape index (κ1) is 18.2. The molecular formula is C26H15LiO2. The Kier molecular flexibility index (Phi) is 3.95. The molecule has 2 aliphatic rings. The van der Waals surface area contributed by atoms with Crippen molar-refractivity contribution < 1.29 is 28.8 Å². The van der Waals surface area contributed by atoms with Gasteiger partial charge < -0.3 is 5.11 Å². The Balaban J connectivity index is 0.00000181. The molecule has 3 heteroatoms. The van der Waals surface area contributed by atoms with Gasteiger partial charge in [-0.05, 0) is 44.5 Å². The van der Waals surface area contributed by atoms with Crippen molar-refractivity contribution in [2.24, 2.45) is 0 Å². The second-order valence-electron chi connectivity index (χ2n) is 7.38. The maximum atomic E-state index is 14.7. The van der Waals surface area contributed by atoms with Crippen molar-refractivity contribution in [3.63, 3.8) is 0 Å². The topological polar surface area (TPSA) is 40.1 Å². The number of benzene rings is 4. The van der Waals surface area contributed by atoms with E-state index in [0.717, 1.165) is 22.3 Å². The van der Waals surface area contributed by atoms with Gasteiger partial charge in [0.1, 0.15) is 0 Å². The van der Waals surface area contributed by atoms with Crippen LogP contribution >= 0.6 is 0 Å². The molecule has 0 spiro atoms. The Morgan fingerprint density at radius 3 is 1.59 bits per heavy atom. The van der Waals surface area contributed by atoms with Crippen LogP contribution in [0.4, 0.5) is 0 Å². The van der Waals surface area contributed by atoms with Gasteiger partial charge in [0.15, 0.2) is 5.78 Å². The van der Waals surface area contributed by atoms with Gasteiger partial charge in [0.2, 0.25) is 0 Å². The third-order valence-corrected chi connectivity index (χ3v) is 6.04. The standard InChI is InChI=1S/C26H15O2.Li/c27-25-20-11-2-1-8-16(20)19-12-7-15-23(24(19)25)26(28)21-13-5-3-9-17(21)18-10-4-6-14-22(18)26;/h1-15H;/q-1;+1. The van der Waals surface area contributed by atoms with Crippen molar-refractivity contribution in [2.75, 3.05) is 0 Å². The molecule has 0 unspecified atom stereocenters. The quantitative estimate of drug-likeness (QED) is 0.422. The third-order valence-electron chi connectivity index (χ3n) is 6.04.